The minimum atomic E-state index is -0.767. The van der Waals surface area contributed by atoms with E-state index in [9.17, 15) is 4.79 Å². The van der Waals surface area contributed by atoms with Crippen LogP contribution in [0, 0.1) is 0 Å². The highest BCUT2D eigenvalue weighted by Gasteiger charge is 2.27. The minimum Gasteiger partial charge on any atom is -0.481 e. The number of rotatable bonds is 7. The number of aryl methyl sites for hydroxylation is 1. The highest BCUT2D eigenvalue weighted by molar-refractivity contribution is 5.90. The van der Waals surface area contributed by atoms with Crippen LogP contribution >= 0.6 is 0 Å². The van der Waals surface area contributed by atoms with Crippen LogP contribution in [0.2, 0.25) is 0 Å². The largest absolute Gasteiger partial charge is 0.481 e. The molecule has 0 saturated carbocycles. The summed E-state index contributed by atoms with van der Waals surface area (Å²) in [4.78, 5) is 10.8. The van der Waals surface area contributed by atoms with Crippen molar-refractivity contribution in [3.63, 3.8) is 0 Å². The summed E-state index contributed by atoms with van der Waals surface area (Å²) in [7, 11) is 0. The van der Waals surface area contributed by atoms with Crippen molar-refractivity contribution in [2.75, 3.05) is 5.01 Å². The van der Waals surface area contributed by atoms with Crippen LogP contribution in [0.5, 0.6) is 0 Å². The average molecular weight is 322 g/mol. The quantitative estimate of drug-likeness (QED) is 0.834. The molecule has 1 aliphatic rings. The Bertz CT molecular complexity index is 698. The zero-order chi connectivity index (χ0) is 16.8. The first kappa shape index (κ1) is 16.2. The molecule has 0 unspecified atom stereocenters. The fraction of sp³-hybridized carbons (Fsp3) is 0.300. The summed E-state index contributed by atoms with van der Waals surface area (Å²) in [5, 5.41) is 15.7. The van der Waals surface area contributed by atoms with Gasteiger partial charge in [-0.2, -0.15) is 5.10 Å². The van der Waals surface area contributed by atoms with Gasteiger partial charge in [-0.1, -0.05) is 48.5 Å². The number of para-hydroxylation sites is 1. The second kappa shape index (κ2) is 7.77. The molecule has 0 aromatic heterocycles. The minimum absolute atomic E-state index is 0.146. The molecule has 4 nitrogen and oxygen atoms in total. The molecule has 4 heteroatoms. The van der Waals surface area contributed by atoms with E-state index in [1.807, 2.05) is 24.3 Å². The molecule has 24 heavy (non-hydrogen) atoms. The molecule has 0 aliphatic carbocycles. The maximum atomic E-state index is 10.8. The number of nitrogens with zero attached hydrogens (tertiary/aromatic N) is 2. The molecule has 0 spiro atoms. The van der Waals surface area contributed by atoms with Gasteiger partial charge in [0.15, 0.2) is 0 Å². The Balaban J connectivity index is 1.70. The van der Waals surface area contributed by atoms with E-state index < -0.39 is 5.97 Å². The van der Waals surface area contributed by atoms with Gasteiger partial charge < -0.3 is 5.11 Å². The lowest BCUT2D eigenvalue weighted by Crippen LogP contribution is -2.26. The number of anilines is 1. The number of hydrogen-bond donors (Lipinski definition) is 1. The van der Waals surface area contributed by atoms with Crippen LogP contribution in [0.1, 0.15) is 31.2 Å². The van der Waals surface area contributed by atoms with Crippen LogP contribution < -0.4 is 5.01 Å². The van der Waals surface area contributed by atoms with Gasteiger partial charge in [0, 0.05) is 12.1 Å². The van der Waals surface area contributed by atoms with Gasteiger partial charge in [0.05, 0.1) is 18.2 Å². The third-order valence-electron chi connectivity index (χ3n) is 4.32. The molecule has 124 valence electrons. The molecule has 1 aliphatic heterocycles. The van der Waals surface area contributed by atoms with E-state index in [0.717, 1.165) is 30.7 Å². The van der Waals surface area contributed by atoms with Gasteiger partial charge in [-0.15, -0.1) is 0 Å². The Morgan fingerprint density at radius 3 is 2.38 bits per heavy atom. The second-order valence-electron chi connectivity index (χ2n) is 6.12. The molecule has 0 amide bonds. The summed E-state index contributed by atoms with van der Waals surface area (Å²) in [6, 6.07) is 20.9. The summed E-state index contributed by atoms with van der Waals surface area (Å²) in [6.45, 7) is 0. The first-order valence-corrected chi connectivity index (χ1v) is 8.39. The van der Waals surface area contributed by atoms with Gasteiger partial charge >= 0.3 is 5.97 Å². The van der Waals surface area contributed by atoms with Crippen molar-refractivity contribution in [3.05, 3.63) is 66.2 Å². The van der Waals surface area contributed by atoms with Crippen molar-refractivity contribution in [2.45, 2.75) is 38.1 Å². The fourth-order valence-corrected chi connectivity index (χ4v) is 3.09. The van der Waals surface area contributed by atoms with E-state index >= 15 is 0 Å². The van der Waals surface area contributed by atoms with E-state index in [1.54, 1.807) is 0 Å². The van der Waals surface area contributed by atoms with Crippen molar-refractivity contribution < 1.29 is 9.90 Å². The van der Waals surface area contributed by atoms with Gasteiger partial charge in [0.2, 0.25) is 0 Å². The molecule has 1 atom stereocenters. The maximum absolute atomic E-state index is 10.8. The van der Waals surface area contributed by atoms with E-state index in [4.69, 9.17) is 10.2 Å². The van der Waals surface area contributed by atoms with Crippen molar-refractivity contribution >= 4 is 17.4 Å². The Morgan fingerprint density at radius 1 is 1.04 bits per heavy atom. The molecule has 2 aromatic carbocycles. The molecule has 0 saturated heterocycles. The smallest absolute Gasteiger partial charge is 0.303 e. The van der Waals surface area contributed by atoms with E-state index in [1.165, 1.54) is 5.56 Å². The Kier molecular flexibility index (Phi) is 5.26. The zero-order valence-corrected chi connectivity index (χ0v) is 13.6. The lowest BCUT2D eigenvalue weighted by atomic mass is 10.00. The fourth-order valence-electron chi connectivity index (χ4n) is 3.09. The van der Waals surface area contributed by atoms with Crippen LogP contribution in [0.3, 0.4) is 0 Å². The first-order valence-electron chi connectivity index (χ1n) is 8.39. The van der Waals surface area contributed by atoms with Gasteiger partial charge in [-0.25, -0.2) is 0 Å². The van der Waals surface area contributed by atoms with Crippen LogP contribution in [0.25, 0.3) is 0 Å². The Hall–Kier alpha value is -2.62. The lowest BCUT2D eigenvalue weighted by molar-refractivity contribution is -0.136. The van der Waals surface area contributed by atoms with Gasteiger partial charge in [0.25, 0.3) is 0 Å². The Labute approximate surface area is 142 Å². The summed E-state index contributed by atoms with van der Waals surface area (Å²) < 4.78 is 0. The molecule has 2 aromatic rings. The van der Waals surface area contributed by atoms with Crippen molar-refractivity contribution in [1.82, 2.24) is 0 Å². The summed E-state index contributed by atoms with van der Waals surface area (Å²) in [6.07, 6.45) is 3.51. The molecular formula is C20H22N2O2. The molecule has 0 radical (unpaired) electrons. The van der Waals surface area contributed by atoms with Gasteiger partial charge in [-0.3, -0.25) is 9.80 Å². The normalized spacial score (nSPS) is 16.9. The number of benzene rings is 2. The monoisotopic (exact) mass is 322 g/mol. The van der Waals surface area contributed by atoms with Crippen LogP contribution in [0.4, 0.5) is 5.69 Å². The number of carbonyl (C=O) groups is 1. The van der Waals surface area contributed by atoms with Gasteiger partial charge in [-0.05, 0) is 37.0 Å². The first-order chi connectivity index (χ1) is 11.7. The molecule has 0 bridgehead atoms. The molecule has 0 fully saturated rings. The summed E-state index contributed by atoms with van der Waals surface area (Å²) in [5.41, 5.74) is 3.38. The average Bonchev–Trinajstić information content (AvgIpc) is 3.03. The highest BCUT2D eigenvalue weighted by atomic mass is 16.4. The molecule has 3 rings (SSSR count). The SMILES string of the molecule is O=C(O)CCC1=NN(c2ccccc2)[C@H](CCc2ccccc2)C1. The summed E-state index contributed by atoms with van der Waals surface area (Å²) >= 11 is 0. The van der Waals surface area contributed by atoms with Gasteiger partial charge in [0.1, 0.15) is 0 Å². The van der Waals surface area contributed by atoms with Crippen LogP contribution in [0.15, 0.2) is 65.8 Å². The molecule has 1 N–H and O–H groups in total. The summed E-state index contributed by atoms with van der Waals surface area (Å²) in [5.74, 6) is -0.767. The number of carboxylic acids is 1. The van der Waals surface area contributed by atoms with Crippen LogP contribution in [-0.4, -0.2) is 22.8 Å². The van der Waals surface area contributed by atoms with Crippen LogP contribution in [-0.2, 0) is 11.2 Å². The highest BCUT2D eigenvalue weighted by Crippen LogP contribution is 2.28. The third-order valence-corrected chi connectivity index (χ3v) is 4.32. The zero-order valence-electron chi connectivity index (χ0n) is 13.6. The number of carboxylic acid groups (broad SMARTS) is 1. The predicted octanol–water partition coefficient (Wildman–Crippen LogP) is 4.12. The topological polar surface area (TPSA) is 52.9 Å². The molecule has 1 heterocycles. The number of hydrazone groups is 1. The van der Waals surface area contributed by atoms with E-state index in [-0.39, 0.29) is 12.5 Å². The van der Waals surface area contributed by atoms with E-state index in [0.29, 0.717) is 6.42 Å². The number of hydrogen-bond acceptors (Lipinski definition) is 3. The van der Waals surface area contributed by atoms with Crippen molar-refractivity contribution in [2.24, 2.45) is 5.10 Å². The van der Waals surface area contributed by atoms with Crippen molar-refractivity contribution in [3.8, 4) is 0 Å². The second-order valence-corrected chi connectivity index (χ2v) is 6.12. The molecular weight excluding hydrogens is 300 g/mol. The third kappa shape index (κ3) is 4.22. The predicted molar refractivity (Wildman–Crippen MR) is 96.4 cm³/mol. The Morgan fingerprint density at radius 2 is 1.71 bits per heavy atom. The lowest BCUT2D eigenvalue weighted by Gasteiger charge is -2.23. The number of aliphatic carboxylic acids is 1. The van der Waals surface area contributed by atoms with Crippen molar-refractivity contribution in [1.29, 1.82) is 0 Å². The maximum Gasteiger partial charge on any atom is 0.303 e. The standard InChI is InChI=1S/C20H22N2O2/c23-20(24)14-12-17-15-19(13-11-16-7-3-1-4-8-16)22(21-17)18-9-5-2-6-10-18/h1-10,19H,11-15H2,(H,23,24)/t19-/m1/s1. The van der Waals surface area contributed by atoms with E-state index in [2.05, 4.69) is 41.4 Å².